The standard InChI is InChI=1S/C11H14ClFN2OS/c1-11(2,3)17(16)14-7-6-9-8(13)4-5-10(12)15-9/h4-5,7H,6H2,1-3H3/b14-7+. The van der Waals surface area contributed by atoms with Crippen LogP contribution in [0, 0.1) is 5.82 Å². The highest BCUT2D eigenvalue weighted by Gasteiger charge is 2.25. The van der Waals surface area contributed by atoms with Gasteiger partial charge in [0.05, 0.1) is 11.9 Å². The van der Waals surface area contributed by atoms with E-state index in [9.17, 15) is 8.94 Å². The molecular formula is C11H14ClFN2OS. The highest BCUT2D eigenvalue weighted by Crippen LogP contribution is 2.16. The molecule has 0 aliphatic heterocycles. The summed E-state index contributed by atoms with van der Waals surface area (Å²) in [5.74, 6) is -0.442. The van der Waals surface area contributed by atoms with Gasteiger partial charge in [0.1, 0.15) is 27.1 Å². The average Bonchev–Trinajstić information content (AvgIpc) is 2.21. The average molecular weight is 277 g/mol. The molecule has 6 heteroatoms. The highest BCUT2D eigenvalue weighted by atomic mass is 35.5. The fourth-order valence-electron chi connectivity index (χ4n) is 0.950. The predicted octanol–water partition coefficient (Wildman–Crippen LogP) is 2.95. The lowest BCUT2D eigenvalue weighted by atomic mass is 10.3. The van der Waals surface area contributed by atoms with Crippen LogP contribution in [0.15, 0.2) is 16.5 Å². The van der Waals surface area contributed by atoms with E-state index in [1.165, 1.54) is 18.3 Å². The molecule has 0 saturated carbocycles. The summed E-state index contributed by atoms with van der Waals surface area (Å²) in [6.07, 6.45) is 1.58. The van der Waals surface area contributed by atoms with E-state index in [0.717, 1.165) is 0 Å². The van der Waals surface area contributed by atoms with Crippen LogP contribution in [0.3, 0.4) is 0 Å². The Labute approximate surface area is 108 Å². The number of halogens is 2. The lowest BCUT2D eigenvalue weighted by Gasteiger charge is -2.17. The number of hydrogen-bond acceptors (Lipinski definition) is 3. The Morgan fingerprint density at radius 3 is 2.76 bits per heavy atom. The van der Waals surface area contributed by atoms with E-state index in [0.29, 0.717) is 0 Å². The highest BCUT2D eigenvalue weighted by molar-refractivity contribution is 7.91. The normalized spacial score (nSPS) is 14.2. The van der Waals surface area contributed by atoms with Crippen LogP contribution >= 0.6 is 11.6 Å². The number of hydrogen-bond donors (Lipinski definition) is 0. The summed E-state index contributed by atoms with van der Waals surface area (Å²) in [7, 11) is 0. The summed E-state index contributed by atoms with van der Waals surface area (Å²) < 4.78 is 28.3. The Bertz CT molecular complexity index is 420. The Morgan fingerprint density at radius 1 is 1.53 bits per heavy atom. The van der Waals surface area contributed by atoms with Gasteiger partial charge in [0, 0.05) is 6.42 Å². The number of nitrogens with zero attached hydrogens (tertiary/aromatic N) is 2. The van der Waals surface area contributed by atoms with Gasteiger partial charge in [-0.1, -0.05) is 16.0 Å². The molecule has 1 aromatic heterocycles. The summed E-state index contributed by atoms with van der Waals surface area (Å²) in [6.45, 7) is 5.45. The summed E-state index contributed by atoms with van der Waals surface area (Å²) in [4.78, 5) is 3.83. The van der Waals surface area contributed by atoms with Gasteiger partial charge in [-0.25, -0.2) is 9.37 Å². The van der Waals surface area contributed by atoms with E-state index in [1.807, 2.05) is 20.8 Å². The fourth-order valence-corrected chi connectivity index (χ4v) is 1.64. The van der Waals surface area contributed by atoms with Gasteiger partial charge in [0.15, 0.2) is 0 Å². The molecular weight excluding hydrogens is 263 g/mol. The minimum Gasteiger partial charge on any atom is -0.591 e. The van der Waals surface area contributed by atoms with E-state index < -0.39 is 21.9 Å². The molecule has 1 aromatic rings. The van der Waals surface area contributed by atoms with Gasteiger partial charge in [-0.15, -0.1) is 0 Å². The number of aromatic nitrogens is 1. The van der Waals surface area contributed by atoms with Gasteiger partial charge in [-0.05, 0) is 32.9 Å². The van der Waals surface area contributed by atoms with Crippen LogP contribution in [-0.2, 0) is 17.8 Å². The lowest BCUT2D eigenvalue weighted by molar-refractivity contribution is 0.561. The first kappa shape index (κ1) is 14.4. The van der Waals surface area contributed by atoms with Crippen LogP contribution in [0.25, 0.3) is 0 Å². The summed E-state index contributed by atoms with van der Waals surface area (Å²) >= 11 is 4.31. The molecule has 0 aromatic carbocycles. The molecule has 0 radical (unpaired) electrons. The topological polar surface area (TPSA) is 48.3 Å². The summed E-state index contributed by atoms with van der Waals surface area (Å²) in [5.41, 5.74) is 0.201. The van der Waals surface area contributed by atoms with Crippen molar-refractivity contribution in [3.8, 4) is 0 Å². The van der Waals surface area contributed by atoms with Gasteiger partial charge < -0.3 is 4.55 Å². The molecule has 0 aliphatic rings. The quantitative estimate of drug-likeness (QED) is 0.484. The molecule has 0 saturated heterocycles. The largest absolute Gasteiger partial charge is 0.591 e. The molecule has 0 aliphatic carbocycles. The van der Waals surface area contributed by atoms with Crippen LogP contribution in [0.1, 0.15) is 26.5 Å². The van der Waals surface area contributed by atoms with Crippen molar-refractivity contribution < 1.29 is 8.94 Å². The van der Waals surface area contributed by atoms with Crippen molar-refractivity contribution in [1.29, 1.82) is 0 Å². The molecule has 94 valence electrons. The molecule has 3 nitrogen and oxygen atoms in total. The summed E-state index contributed by atoms with van der Waals surface area (Å²) in [5, 5.41) is 0.228. The second kappa shape index (κ2) is 5.80. The van der Waals surface area contributed by atoms with Crippen LogP contribution in [0.2, 0.25) is 5.15 Å². The van der Waals surface area contributed by atoms with E-state index in [-0.39, 0.29) is 17.3 Å². The van der Waals surface area contributed by atoms with Gasteiger partial charge >= 0.3 is 0 Å². The SMILES string of the molecule is CC(C)(C)[S+]([O-])/N=C/Cc1nc(Cl)ccc1F. The van der Waals surface area contributed by atoms with Crippen LogP contribution in [-0.4, -0.2) is 20.5 Å². The van der Waals surface area contributed by atoms with Gasteiger partial charge in [-0.2, -0.15) is 0 Å². The monoisotopic (exact) mass is 276 g/mol. The first-order valence-corrected chi connectivity index (χ1v) is 6.54. The van der Waals surface area contributed by atoms with Crippen molar-refractivity contribution in [2.75, 3.05) is 0 Å². The molecule has 1 unspecified atom stereocenters. The van der Waals surface area contributed by atoms with Crippen molar-refractivity contribution in [2.24, 2.45) is 4.40 Å². The second-order valence-electron chi connectivity index (χ2n) is 4.42. The molecule has 0 bridgehead atoms. The van der Waals surface area contributed by atoms with E-state index >= 15 is 0 Å². The van der Waals surface area contributed by atoms with E-state index in [4.69, 9.17) is 11.6 Å². The van der Waals surface area contributed by atoms with Gasteiger partial charge in [0.2, 0.25) is 0 Å². The van der Waals surface area contributed by atoms with Crippen molar-refractivity contribution in [1.82, 2.24) is 4.98 Å². The predicted molar refractivity (Wildman–Crippen MR) is 69.3 cm³/mol. The van der Waals surface area contributed by atoms with E-state index in [2.05, 4.69) is 9.38 Å². The molecule has 1 heterocycles. The maximum atomic E-state index is 13.3. The first-order chi connectivity index (χ1) is 7.80. The lowest BCUT2D eigenvalue weighted by Crippen LogP contribution is -2.25. The van der Waals surface area contributed by atoms with Crippen LogP contribution < -0.4 is 0 Å². The van der Waals surface area contributed by atoms with Crippen molar-refractivity contribution >= 4 is 29.2 Å². The Morgan fingerprint density at radius 2 is 2.18 bits per heavy atom. The zero-order valence-electron chi connectivity index (χ0n) is 9.91. The maximum absolute atomic E-state index is 13.3. The number of rotatable bonds is 3. The molecule has 1 atom stereocenters. The Kier molecular flexibility index (Phi) is 4.91. The second-order valence-corrected chi connectivity index (χ2v) is 6.74. The van der Waals surface area contributed by atoms with Crippen LogP contribution in [0.4, 0.5) is 4.39 Å². The fraction of sp³-hybridized carbons (Fsp3) is 0.455. The smallest absolute Gasteiger partial charge is 0.145 e. The summed E-state index contributed by atoms with van der Waals surface area (Å²) in [6, 6.07) is 2.63. The molecule has 0 fully saturated rings. The third-order valence-corrected chi connectivity index (χ3v) is 3.46. The molecule has 0 spiro atoms. The third kappa shape index (κ3) is 4.61. The zero-order valence-corrected chi connectivity index (χ0v) is 11.5. The van der Waals surface area contributed by atoms with Gasteiger partial charge in [0.25, 0.3) is 0 Å². The number of pyridine rings is 1. The first-order valence-electron chi connectivity index (χ1n) is 5.06. The van der Waals surface area contributed by atoms with Crippen molar-refractivity contribution in [3.63, 3.8) is 0 Å². The molecule has 17 heavy (non-hydrogen) atoms. The molecule has 1 rings (SSSR count). The maximum Gasteiger partial charge on any atom is 0.145 e. The van der Waals surface area contributed by atoms with Crippen LogP contribution in [0.5, 0.6) is 0 Å². The van der Waals surface area contributed by atoms with E-state index in [1.54, 1.807) is 0 Å². The minimum absolute atomic E-state index is 0.175. The minimum atomic E-state index is -1.34. The Hall–Kier alpha value is -0.650. The third-order valence-electron chi connectivity index (χ3n) is 1.86. The van der Waals surface area contributed by atoms with Gasteiger partial charge in [-0.3, -0.25) is 0 Å². The Balaban J connectivity index is 2.67. The molecule has 0 N–H and O–H groups in total. The van der Waals surface area contributed by atoms with Crippen molar-refractivity contribution in [2.45, 2.75) is 31.9 Å². The van der Waals surface area contributed by atoms with Crippen molar-refractivity contribution in [3.05, 3.63) is 28.8 Å². The zero-order chi connectivity index (χ0) is 13.1. The molecule has 0 amide bonds.